The van der Waals surface area contributed by atoms with E-state index in [0.717, 1.165) is 5.56 Å². The summed E-state index contributed by atoms with van der Waals surface area (Å²) in [7, 11) is 0. The van der Waals surface area contributed by atoms with Crippen LogP contribution in [-0.2, 0) is 6.54 Å². The average molecular weight is 259 g/mol. The molecule has 98 valence electrons. The number of urea groups is 1. The first-order chi connectivity index (χ1) is 9.15. The van der Waals surface area contributed by atoms with Crippen LogP contribution in [0.1, 0.15) is 5.56 Å². The Morgan fingerprint density at radius 3 is 2.63 bits per heavy atom. The summed E-state index contributed by atoms with van der Waals surface area (Å²) in [6.45, 7) is 0.372. The SMILES string of the molecule is Nc1ccc(F)c(NC(=O)NCc2ccccc2)c1. The molecule has 0 saturated carbocycles. The molecule has 0 aliphatic carbocycles. The maximum absolute atomic E-state index is 13.4. The molecule has 0 unspecified atom stereocenters. The van der Waals surface area contributed by atoms with Crippen molar-refractivity contribution in [3.05, 3.63) is 59.9 Å². The predicted molar refractivity (Wildman–Crippen MR) is 73.1 cm³/mol. The van der Waals surface area contributed by atoms with Crippen molar-refractivity contribution < 1.29 is 9.18 Å². The van der Waals surface area contributed by atoms with Gasteiger partial charge in [-0.15, -0.1) is 0 Å². The van der Waals surface area contributed by atoms with Crippen LogP contribution in [0, 0.1) is 5.82 Å². The Labute approximate surface area is 110 Å². The predicted octanol–water partition coefficient (Wildman–Crippen LogP) is 2.73. The van der Waals surface area contributed by atoms with Gasteiger partial charge >= 0.3 is 6.03 Å². The molecule has 4 nitrogen and oxygen atoms in total. The average Bonchev–Trinajstić information content (AvgIpc) is 2.42. The number of carbonyl (C=O) groups is 1. The van der Waals surface area contributed by atoms with E-state index in [-0.39, 0.29) is 5.69 Å². The second kappa shape index (κ2) is 5.86. The van der Waals surface area contributed by atoms with E-state index >= 15 is 0 Å². The number of nitrogens with two attached hydrogens (primary N) is 1. The molecule has 19 heavy (non-hydrogen) atoms. The largest absolute Gasteiger partial charge is 0.399 e. The normalized spacial score (nSPS) is 9.95. The summed E-state index contributed by atoms with van der Waals surface area (Å²) in [5, 5.41) is 5.05. The minimum atomic E-state index is -0.524. The molecule has 2 aromatic rings. The zero-order chi connectivity index (χ0) is 13.7. The first kappa shape index (κ1) is 12.9. The van der Waals surface area contributed by atoms with Crippen LogP contribution in [0.3, 0.4) is 0 Å². The lowest BCUT2D eigenvalue weighted by Crippen LogP contribution is -2.28. The first-order valence-electron chi connectivity index (χ1n) is 5.79. The molecule has 4 N–H and O–H groups in total. The number of carbonyl (C=O) groups excluding carboxylic acids is 1. The molecule has 0 fully saturated rings. The molecule has 0 atom stereocenters. The Kier molecular flexibility index (Phi) is 3.97. The van der Waals surface area contributed by atoms with Crippen LogP contribution in [0.2, 0.25) is 0 Å². The van der Waals surface area contributed by atoms with E-state index < -0.39 is 11.8 Å². The molecule has 0 spiro atoms. The Hall–Kier alpha value is -2.56. The fourth-order valence-corrected chi connectivity index (χ4v) is 1.58. The molecule has 5 heteroatoms. The highest BCUT2D eigenvalue weighted by atomic mass is 19.1. The third kappa shape index (κ3) is 3.70. The van der Waals surface area contributed by atoms with Crippen molar-refractivity contribution in [1.82, 2.24) is 5.32 Å². The molecule has 0 aliphatic heterocycles. The standard InChI is InChI=1S/C14H14FN3O/c15-12-7-6-11(16)8-13(12)18-14(19)17-9-10-4-2-1-3-5-10/h1-8H,9,16H2,(H2,17,18,19). The lowest BCUT2D eigenvalue weighted by Gasteiger charge is -2.09. The monoisotopic (exact) mass is 259 g/mol. The number of nitrogen functional groups attached to an aromatic ring is 1. The van der Waals surface area contributed by atoms with Crippen molar-refractivity contribution >= 4 is 17.4 Å². The lowest BCUT2D eigenvalue weighted by atomic mass is 10.2. The van der Waals surface area contributed by atoms with E-state index in [2.05, 4.69) is 10.6 Å². The second-order valence-electron chi connectivity index (χ2n) is 4.03. The summed E-state index contributed by atoms with van der Waals surface area (Å²) >= 11 is 0. The fourth-order valence-electron chi connectivity index (χ4n) is 1.58. The van der Waals surface area contributed by atoms with Gasteiger partial charge in [-0.3, -0.25) is 0 Å². The molecule has 0 radical (unpaired) electrons. The summed E-state index contributed by atoms with van der Waals surface area (Å²) in [5.74, 6) is -0.524. The maximum atomic E-state index is 13.4. The van der Waals surface area contributed by atoms with E-state index in [1.807, 2.05) is 30.3 Å². The van der Waals surface area contributed by atoms with Crippen LogP contribution >= 0.6 is 0 Å². The Bertz CT molecular complexity index is 572. The van der Waals surface area contributed by atoms with Gasteiger partial charge in [0, 0.05) is 12.2 Å². The quantitative estimate of drug-likeness (QED) is 0.742. The second-order valence-corrected chi connectivity index (χ2v) is 4.03. The van der Waals surface area contributed by atoms with Gasteiger partial charge in [-0.1, -0.05) is 30.3 Å². The van der Waals surface area contributed by atoms with Crippen molar-refractivity contribution in [1.29, 1.82) is 0 Å². The fraction of sp³-hybridized carbons (Fsp3) is 0.0714. The number of hydrogen-bond donors (Lipinski definition) is 3. The van der Waals surface area contributed by atoms with E-state index in [4.69, 9.17) is 5.73 Å². The zero-order valence-electron chi connectivity index (χ0n) is 10.2. The number of anilines is 2. The van der Waals surface area contributed by atoms with Crippen molar-refractivity contribution in [3.63, 3.8) is 0 Å². The third-order valence-corrected chi connectivity index (χ3v) is 2.53. The highest BCUT2D eigenvalue weighted by Crippen LogP contribution is 2.17. The van der Waals surface area contributed by atoms with Gasteiger partial charge in [0.05, 0.1) is 5.69 Å². The minimum absolute atomic E-state index is 0.0607. The van der Waals surface area contributed by atoms with Gasteiger partial charge in [0.15, 0.2) is 0 Å². The molecular formula is C14H14FN3O. The smallest absolute Gasteiger partial charge is 0.319 e. The number of benzene rings is 2. The molecular weight excluding hydrogens is 245 g/mol. The van der Waals surface area contributed by atoms with Crippen LogP contribution in [-0.4, -0.2) is 6.03 Å². The van der Waals surface area contributed by atoms with Gasteiger partial charge in [-0.2, -0.15) is 0 Å². The van der Waals surface area contributed by atoms with Gasteiger partial charge in [0.1, 0.15) is 5.82 Å². The minimum Gasteiger partial charge on any atom is -0.399 e. The molecule has 2 amide bonds. The summed E-state index contributed by atoms with van der Waals surface area (Å²) in [5.41, 5.74) is 6.94. The number of nitrogens with one attached hydrogen (secondary N) is 2. The van der Waals surface area contributed by atoms with Crippen LogP contribution < -0.4 is 16.4 Å². The zero-order valence-corrected chi connectivity index (χ0v) is 10.2. The number of halogens is 1. The van der Waals surface area contributed by atoms with Crippen molar-refractivity contribution in [2.75, 3.05) is 11.1 Å². The van der Waals surface area contributed by atoms with Gasteiger partial charge in [0.2, 0.25) is 0 Å². The molecule has 0 aliphatic rings. The number of amides is 2. The topological polar surface area (TPSA) is 67.1 Å². The third-order valence-electron chi connectivity index (χ3n) is 2.53. The van der Waals surface area contributed by atoms with E-state index in [9.17, 15) is 9.18 Å². The van der Waals surface area contributed by atoms with Crippen LogP contribution in [0.5, 0.6) is 0 Å². The van der Waals surface area contributed by atoms with Gasteiger partial charge in [-0.05, 0) is 23.8 Å². The highest BCUT2D eigenvalue weighted by molar-refractivity contribution is 5.89. The van der Waals surface area contributed by atoms with Crippen molar-refractivity contribution in [2.24, 2.45) is 0 Å². The summed E-state index contributed by atoms with van der Waals surface area (Å²) in [4.78, 5) is 11.6. The van der Waals surface area contributed by atoms with Gasteiger partial charge < -0.3 is 16.4 Å². The molecule has 0 saturated heterocycles. The van der Waals surface area contributed by atoms with Crippen LogP contribution in [0.25, 0.3) is 0 Å². The van der Waals surface area contributed by atoms with Gasteiger partial charge in [-0.25, -0.2) is 9.18 Å². The summed E-state index contributed by atoms with van der Waals surface area (Å²) < 4.78 is 13.4. The van der Waals surface area contributed by atoms with Crippen molar-refractivity contribution in [3.8, 4) is 0 Å². The number of rotatable bonds is 3. The Balaban J connectivity index is 1.93. The van der Waals surface area contributed by atoms with Crippen molar-refractivity contribution in [2.45, 2.75) is 6.54 Å². The molecule has 0 aromatic heterocycles. The first-order valence-corrected chi connectivity index (χ1v) is 5.79. The van der Waals surface area contributed by atoms with E-state index in [1.165, 1.54) is 18.2 Å². The molecule has 2 rings (SSSR count). The lowest BCUT2D eigenvalue weighted by molar-refractivity contribution is 0.251. The summed E-state index contributed by atoms with van der Waals surface area (Å²) in [6.07, 6.45) is 0. The maximum Gasteiger partial charge on any atom is 0.319 e. The molecule has 2 aromatic carbocycles. The van der Waals surface area contributed by atoms with Gasteiger partial charge in [0.25, 0.3) is 0 Å². The van der Waals surface area contributed by atoms with Crippen LogP contribution in [0.15, 0.2) is 48.5 Å². The number of hydrogen-bond acceptors (Lipinski definition) is 2. The Morgan fingerprint density at radius 2 is 1.89 bits per heavy atom. The van der Waals surface area contributed by atoms with E-state index in [1.54, 1.807) is 0 Å². The Morgan fingerprint density at radius 1 is 1.16 bits per heavy atom. The molecule has 0 heterocycles. The van der Waals surface area contributed by atoms with Crippen LogP contribution in [0.4, 0.5) is 20.6 Å². The summed E-state index contributed by atoms with van der Waals surface area (Å²) in [6, 6.07) is 13.0. The van der Waals surface area contributed by atoms with E-state index in [0.29, 0.717) is 12.2 Å². The molecule has 0 bridgehead atoms. The highest BCUT2D eigenvalue weighted by Gasteiger charge is 2.06.